The van der Waals surface area contributed by atoms with Gasteiger partial charge in [0.15, 0.2) is 11.0 Å². The van der Waals surface area contributed by atoms with Gasteiger partial charge in [-0.15, -0.1) is 21.5 Å². The number of carbonyl (C=O) groups excluding carboxylic acids is 1. The van der Waals surface area contributed by atoms with Crippen LogP contribution < -0.4 is 5.32 Å². The minimum Gasteiger partial charge on any atom is -0.337 e. The van der Waals surface area contributed by atoms with E-state index >= 15 is 0 Å². The summed E-state index contributed by atoms with van der Waals surface area (Å²) < 4.78 is 2.01. The maximum atomic E-state index is 12.2. The van der Waals surface area contributed by atoms with E-state index in [0.29, 0.717) is 0 Å². The summed E-state index contributed by atoms with van der Waals surface area (Å²) in [4.78, 5) is 13.3. The number of rotatable bonds is 7. The molecule has 1 amide bonds. The maximum Gasteiger partial charge on any atom is 0.231 e. The first kappa shape index (κ1) is 17.0. The third-order valence-corrected chi connectivity index (χ3v) is 5.96. The first-order valence-corrected chi connectivity index (χ1v) is 9.76. The molecule has 1 N–H and O–H groups in total. The summed E-state index contributed by atoms with van der Waals surface area (Å²) in [7, 11) is 0. The van der Waals surface area contributed by atoms with Crippen molar-refractivity contribution in [3.63, 3.8) is 0 Å². The van der Waals surface area contributed by atoms with E-state index in [2.05, 4.69) is 21.6 Å². The number of aromatic nitrogens is 3. The summed E-state index contributed by atoms with van der Waals surface area (Å²) in [5, 5.41) is 23.4. The molecule has 0 aliphatic heterocycles. The Labute approximate surface area is 149 Å². The Morgan fingerprint density at radius 3 is 2.96 bits per heavy atom. The van der Waals surface area contributed by atoms with Gasteiger partial charge in [-0.1, -0.05) is 17.8 Å². The lowest BCUT2D eigenvalue weighted by Crippen LogP contribution is -2.47. The number of nitrogens with one attached hydrogen (secondary N) is 1. The number of hydrogen-bond acceptors (Lipinski definition) is 6. The second kappa shape index (κ2) is 6.95. The van der Waals surface area contributed by atoms with Crippen LogP contribution in [0.25, 0.3) is 10.7 Å². The monoisotopic (exact) mass is 361 g/mol. The van der Waals surface area contributed by atoms with E-state index in [1.54, 1.807) is 18.3 Å². The van der Waals surface area contributed by atoms with Crippen molar-refractivity contribution < 1.29 is 4.79 Å². The molecule has 0 aromatic carbocycles. The molecular formula is C16H19N5OS2. The molecule has 0 unspecified atom stereocenters. The Hall–Kier alpha value is -1.85. The molecule has 1 saturated carbocycles. The van der Waals surface area contributed by atoms with Gasteiger partial charge in [0, 0.05) is 6.54 Å². The molecule has 1 aliphatic carbocycles. The number of hydrogen-bond donors (Lipinski definition) is 1. The van der Waals surface area contributed by atoms with Gasteiger partial charge in [-0.05, 0) is 44.1 Å². The number of carbonyl (C=O) groups is 1. The zero-order valence-corrected chi connectivity index (χ0v) is 15.3. The van der Waals surface area contributed by atoms with E-state index in [1.807, 2.05) is 29.0 Å². The molecule has 6 nitrogen and oxygen atoms in total. The summed E-state index contributed by atoms with van der Waals surface area (Å²) in [6, 6.07) is 6.23. The number of nitriles is 1. The second-order valence-corrected chi connectivity index (χ2v) is 7.84. The van der Waals surface area contributed by atoms with Crippen molar-refractivity contribution in [2.75, 3.05) is 5.75 Å². The Balaban J connectivity index is 1.64. The number of amides is 1. The molecule has 24 heavy (non-hydrogen) atoms. The van der Waals surface area contributed by atoms with Crippen molar-refractivity contribution in [1.82, 2.24) is 20.1 Å². The zero-order chi connectivity index (χ0) is 17.2. The average Bonchev–Trinajstić information content (AvgIpc) is 3.16. The highest BCUT2D eigenvalue weighted by atomic mass is 32.2. The first-order chi connectivity index (χ1) is 11.6. The van der Waals surface area contributed by atoms with Gasteiger partial charge in [0.2, 0.25) is 5.91 Å². The number of thioether (sulfide) groups is 1. The third-order valence-electron chi connectivity index (χ3n) is 4.13. The smallest absolute Gasteiger partial charge is 0.231 e. The van der Waals surface area contributed by atoms with Gasteiger partial charge in [-0.2, -0.15) is 5.26 Å². The summed E-state index contributed by atoms with van der Waals surface area (Å²) >= 11 is 2.97. The molecule has 2 aromatic rings. The van der Waals surface area contributed by atoms with Crippen LogP contribution in [0.1, 0.15) is 26.7 Å². The van der Waals surface area contributed by atoms with Crippen LogP contribution in [0.4, 0.5) is 0 Å². The fourth-order valence-electron chi connectivity index (χ4n) is 2.61. The van der Waals surface area contributed by atoms with Crippen molar-refractivity contribution in [2.45, 2.75) is 43.9 Å². The van der Waals surface area contributed by atoms with E-state index in [4.69, 9.17) is 0 Å². The second-order valence-electron chi connectivity index (χ2n) is 5.95. The largest absolute Gasteiger partial charge is 0.337 e. The highest BCUT2D eigenvalue weighted by Crippen LogP contribution is 2.39. The summed E-state index contributed by atoms with van der Waals surface area (Å²) in [6.07, 6.45) is 2.01. The van der Waals surface area contributed by atoms with Crippen molar-refractivity contribution in [2.24, 2.45) is 5.92 Å². The molecule has 0 bridgehead atoms. The van der Waals surface area contributed by atoms with Crippen molar-refractivity contribution in [3.05, 3.63) is 17.5 Å². The predicted molar refractivity (Wildman–Crippen MR) is 94.6 cm³/mol. The van der Waals surface area contributed by atoms with Gasteiger partial charge in [0.1, 0.15) is 5.54 Å². The number of nitrogens with zero attached hydrogens (tertiary/aromatic N) is 4. The molecule has 1 atom stereocenters. The van der Waals surface area contributed by atoms with Gasteiger partial charge >= 0.3 is 0 Å². The van der Waals surface area contributed by atoms with Crippen LogP contribution in [0, 0.1) is 17.2 Å². The lowest BCUT2D eigenvalue weighted by atomic mass is 9.98. The van der Waals surface area contributed by atoms with Gasteiger partial charge in [0.25, 0.3) is 0 Å². The van der Waals surface area contributed by atoms with Crippen molar-refractivity contribution in [3.8, 4) is 16.8 Å². The van der Waals surface area contributed by atoms with Crippen molar-refractivity contribution in [1.29, 1.82) is 5.26 Å². The van der Waals surface area contributed by atoms with Gasteiger partial charge in [-0.3, -0.25) is 4.79 Å². The minimum atomic E-state index is -0.752. The SMILES string of the molecule is CCn1c(SCC(=O)N[C@@](C)(C#N)C2CC2)nnc1-c1cccs1. The standard InChI is InChI=1S/C16H19N5OS2/c1-3-21-14(12-5-4-8-23-12)19-20-15(21)24-9-13(22)18-16(2,10-17)11-6-7-11/h4-5,8,11H,3,6-7,9H2,1-2H3,(H,18,22)/t16-/m0/s1. The van der Waals surface area contributed by atoms with E-state index in [-0.39, 0.29) is 17.6 Å². The molecule has 1 aliphatic rings. The normalized spacial score (nSPS) is 16.4. The van der Waals surface area contributed by atoms with E-state index in [1.165, 1.54) is 11.8 Å². The highest BCUT2D eigenvalue weighted by molar-refractivity contribution is 7.99. The molecule has 1 fully saturated rings. The predicted octanol–water partition coefficient (Wildman–Crippen LogP) is 2.93. The summed E-state index contributed by atoms with van der Waals surface area (Å²) in [5.41, 5.74) is -0.752. The molecule has 3 rings (SSSR count). The average molecular weight is 361 g/mol. The fraction of sp³-hybridized carbons (Fsp3) is 0.500. The van der Waals surface area contributed by atoms with E-state index in [9.17, 15) is 10.1 Å². The minimum absolute atomic E-state index is 0.140. The molecule has 126 valence electrons. The van der Waals surface area contributed by atoms with Crippen molar-refractivity contribution >= 4 is 29.0 Å². The Morgan fingerprint density at radius 1 is 1.58 bits per heavy atom. The van der Waals surface area contributed by atoms with Crippen LogP contribution in [0.15, 0.2) is 22.7 Å². The van der Waals surface area contributed by atoms with Crippen LogP contribution in [0.2, 0.25) is 0 Å². The Morgan fingerprint density at radius 2 is 2.38 bits per heavy atom. The summed E-state index contributed by atoms with van der Waals surface area (Å²) in [5.74, 6) is 1.20. The van der Waals surface area contributed by atoms with E-state index < -0.39 is 5.54 Å². The van der Waals surface area contributed by atoms with Crippen LogP contribution in [-0.2, 0) is 11.3 Å². The summed E-state index contributed by atoms with van der Waals surface area (Å²) in [6.45, 7) is 4.57. The maximum absolute atomic E-state index is 12.2. The van der Waals surface area contributed by atoms with Gasteiger partial charge in [-0.25, -0.2) is 0 Å². The highest BCUT2D eigenvalue weighted by Gasteiger charge is 2.42. The Bertz CT molecular complexity index is 760. The lowest BCUT2D eigenvalue weighted by molar-refractivity contribution is -0.119. The topological polar surface area (TPSA) is 83.6 Å². The molecule has 0 saturated heterocycles. The van der Waals surface area contributed by atoms with E-state index in [0.717, 1.165) is 35.2 Å². The molecule has 2 aromatic heterocycles. The van der Waals surface area contributed by atoms with Crippen LogP contribution in [-0.4, -0.2) is 32.0 Å². The van der Waals surface area contributed by atoms with Crippen LogP contribution in [0.5, 0.6) is 0 Å². The first-order valence-electron chi connectivity index (χ1n) is 7.89. The zero-order valence-electron chi connectivity index (χ0n) is 13.7. The molecule has 2 heterocycles. The Kier molecular flexibility index (Phi) is 4.92. The molecular weight excluding hydrogens is 342 g/mol. The molecule has 0 radical (unpaired) electrons. The lowest BCUT2D eigenvalue weighted by Gasteiger charge is -2.22. The van der Waals surface area contributed by atoms with Gasteiger partial charge < -0.3 is 9.88 Å². The van der Waals surface area contributed by atoms with Gasteiger partial charge in [0.05, 0.1) is 16.7 Å². The molecule has 8 heteroatoms. The van der Waals surface area contributed by atoms with Crippen LogP contribution in [0.3, 0.4) is 0 Å². The number of thiophene rings is 1. The fourth-order valence-corrected chi connectivity index (χ4v) is 4.13. The molecule has 0 spiro atoms. The third kappa shape index (κ3) is 3.47. The quantitative estimate of drug-likeness (QED) is 0.767. The van der Waals surface area contributed by atoms with Crippen LogP contribution >= 0.6 is 23.1 Å².